The molecule has 0 spiro atoms. The summed E-state index contributed by atoms with van der Waals surface area (Å²) in [6.45, 7) is 3.87. The summed E-state index contributed by atoms with van der Waals surface area (Å²) in [7, 11) is 0. The molecular formula is C22H25N4O2S+. The van der Waals surface area contributed by atoms with Gasteiger partial charge in [-0.2, -0.15) is 0 Å². The molecular weight excluding hydrogens is 384 g/mol. The Labute approximate surface area is 173 Å². The first-order valence-electron chi connectivity index (χ1n) is 9.93. The molecule has 4 rings (SSSR count). The number of nitrogens with one attached hydrogen (secondary N) is 3. The van der Waals surface area contributed by atoms with Crippen LogP contribution in [0.25, 0.3) is 10.2 Å². The number of rotatable bonds is 5. The summed E-state index contributed by atoms with van der Waals surface area (Å²) >= 11 is 1.78. The third-order valence-electron chi connectivity index (χ3n) is 5.18. The van der Waals surface area contributed by atoms with E-state index in [0.29, 0.717) is 12.5 Å². The summed E-state index contributed by atoms with van der Waals surface area (Å²) in [6, 6.07) is 15.4. The molecule has 0 saturated carbocycles. The van der Waals surface area contributed by atoms with Crippen LogP contribution in [0.4, 0.5) is 11.4 Å². The number of hydrogen-bond donors (Lipinski definition) is 3. The first-order chi connectivity index (χ1) is 14.1. The van der Waals surface area contributed by atoms with E-state index in [0.717, 1.165) is 42.8 Å². The summed E-state index contributed by atoms with van der Waals surface area (Å²) in [4.78, 5) is 29.7. The van der Waals surface area contributed by atoms with Gasteiger partial charge in [0.25, 0.3) is 5.91 Å². The first-order valence-corrected chi connectivity index (χ1v) is 10.7. The van der Waals surface area contributed by atoms with Gasteiger partial charge in [0, 0.05) is 18.3 Å². The van der Waals surface area contributed by atoms with E-state index in [4.69, 9.17) is 4.98 Å². The molecule has 2 amide bonds. The van der Waals surface area contributed by atoms with Crippen LogP contribution >= 0.6 is 11.3 Å². The lowest BCUT2D eigenvalue weighted by molar-refractivity contribution is -0.898. The van der Waals surface area contributed by atoms with Crippen LogP contribution < -0.4 is 15.5 Å². The number of anilines is 2. The Morgan fingerprint density at radius 3 is 2.55 bits per heavy atom. The molecule has 2 atom stereocenters. The summed E-state index contributed by atoms with van der Waals surface area (Å²) in [6.07, 6.45) is 2.24. The molecule has 0 radical (unpaired) electrons. The number of fused-ring (bicyclic) bond motifs is 1. The molecule has 3 N–H and O–H groups in total. The lowest BCUT2D eigenvalue weighted by Crippen LogP contribution is -3.14. The number of piperidine rings is 1. The van der Waals surface area contributed by atoms with Gasteiger partial charge < -0.3 is 15.5 Å². The normalized spacial score (nSPS) is 19.1. The van der Waals surface area contributed by atoms with Gasteiger partial charge in [-0.05, 0) is 49.2 Å². The van der Waals surface area contributed by atoms with E-state index in [9.17, 15) is 9.59 Å². The van der Waals surface area contributed by atoms with Crippen molar-refractivity contribution in [2.75, 3.05) is 30.3 Å². The van der Waals surface area contributed by atoms with Gasteiger partial charge in [-0.1, -0.05) is 12.1 Å². The summed E-state index contributed by atoms with van der Waals surface area (Å²) in [5.41, 5.74) is 2.53. The molecule has 1 aliphatic heterocycles. The number of carbonyl (C=O) groups is 2. The summed E-state index contributed by atoms with van der Waals surface area (Å²) in [5.74, 6) is 0.316. The van der Waals surface area contributed by atoms with Crippen molar-refractivity contribution in [3.63, 3.8) is 0 Å². The van der Waals surface area contributed by atoms with Crippen molar-refractivity contribution in [2.24, 2.45) is 0 Å². The maximum Gasteiger partial charge on any atom is 0.279 e. The van der Waals surface area contributed by atoms with Crippen molar-refractivity contribution in [2.45, 2.75) is 25.7 Å². The first kappa shape index (κ1) is 19.5. The molecule has 1 aliphatic rings. The summed E-state index contributed by atoms with van der Waals surface area (Å²) < 4.78 is 1.23. The molecule has 1 fully saturated rings. The third-order valence-corrected chi connectivity index (χ3v) is 6.38. The minimum atomic E-state index is -0.113. The maximum atomic E-state index is 12.5. The Hall–Kier alpha value is -2.77. The monoisotopic (exact) mass is 409 g/mol. The van der Waals surface area contributed by atoms with Crippen LogP contribution in [-0.4, -0.2) is 36.4 Å². The number of amides is 2. The number of likely N-dealkylation sites (tertiary alicyclic amines) is 1. The Balaban J connectivity index is 1.34. The zero-order valence-corrected chi connectivity index (χ0v) is 17.2. The van der Waals surface area contributed by atoms with Gasteiger partial charge in [-0.25, -0.2) is 4.98 Å². The minimum Gasteiger partial charge on any atom is -0.327 e. The highest BCUT2D eigenvalue weighted by Crippen LogP contribution is 2.30. The van der Waals surface area contributed by atoms with Crippen molar-refractivity contribution in [1.29, 1.82) is 0 Å². The van der Waals surface area contributed by atoms with Crippen molar-refractivity contribution in [3.8, 4) is 0 Å². The second-order valence-electron chi connectivity index (χ2n) is 7.55. The third kappa shape index (κ3) is 4.99. The van der Waals surface area contributed by atoms with Gasteiger partial charge in [0.15, 0.2) is 6.54 Å². The van der Waals surface area contributed by atoms with Crippen LogP contribution in [0.3, 0.4) is 0 Å². The molecule has 1 saturated heterocycles. The molecule has 2 aromatic carbocycles. The Morgan fingerprint density at radius 1 is 1.10 bits per heavy atom. The topological polar surface area (TPSA) is 75.5 Å². The predicted octanol–water partition coefficient (Wildman–Crippen LogP) is 2.66. The van der Waals surface area contributed by atoms with Crippen molar-refractivity contribution < 1.29 is 14.5 Å². The maximum absolute atomic E-state index is 12.5. The van der Waals surface area contributed by atoms with E-state index in [2.05, 4.69) is 28.8 Å². The second-order valence-corrected chi connectivity index (χ2v) is 8.61. The predicted molar refractivity (Wildman–Crippen MR) is 117 cm³/mol. The Morgan fingerprint density at radius 2 is 1.83 bits per heavy atom. The Kier molecular flexibility index (Phi) is 5.87. The number of para-hydroxylation sites is 1. The average molecular weight is 410 g/mol. The van der Waals surface area contributed by atoms with Gasteiger partial charge in [0.2, 0.25) is 5.91 Å². The quantitative estimate of drug-likeness (QED) is 0.606. The zero-order chi connectivity index (χ0) is 20.2. The number of aromatic nitrogens is 1. The molecule has 6 nitrogen and oxygen atoms in total. The van der Waals surface area contributed by atoms with Crippen molar-refractivity contribution in [3.05, 3.63) is 53.5 Å². The van der Waals surface area contributed by atoms with E-state index in [-0.39, 0.29) is 11.8 Å². The van der Waals surface area contributed by atoms with Crippen LogP contribution in [0.1, 0.15) is 30.7 Å². The molecule has 2 heterocycles. The van der Waals surface area contributed by atoms with Gasteiger partial charge in [0.1, 0.15) is 5.01 Å². The van der Waals surface area contributed by atoms with E-state index in [1.54, 1.807) is 35.6 Å². The minimum absolute atomic E-state index is 0.0113. The number of carbonyl (C=O) groups excluding carboxylic acids is 2. The largest absolute Gasteiger partial charge is 0.327 e. The van der Waals surface area contributed by atoms with Gasteiger partial charge in [-0.15, -0.1) is 11.3 Å². The number of nitrogens with zero attached hydrogens (tertiary/aromatic N) is 1. The van der Waals surface area contributed by atoms with E-state index < -0.39 is 0 Å². The van der Waals surface area contributed by atoms with E-state index in [1.165, 1.54) is 21.5 Å². The SMILES string of the molecule is CC(=O)Nc1ccc(NC(=O)C[NH+]2CCC[C@@H](c3nc4ccccc4s3)C2)cc1. The average Bonchev–Trinajstić information content (AvgIpc) is 3.14. The van der Waals surface area contributed by atoms with Crippen LogP contribution in [0, 0.1) is 0 Å². The smallest absolute Gasteiger partial charge is 0.279 e. The van der Waals surface area contributed by atoms with Gasteiger partial charge in [0.05, 0.1) is 29.2 Å². The molecule has 3 aromatic rings. The van der Waals surface area contributed by atoms with Crippen molar-refractivity contribution in [1.82, 2.24) is 4.98 Å². The van der Waals surface area contributed by atoms with Crippen LogP contribution in [0.15, 0.2) is 48.5 Å². The number of benzene rings is 2. The highest BCUT2D eigenvalue weighted by atomic mass is 32.1. The molecule has 0 bridgehead atoms. The van der Waals surface area contributed by atoms with E-state index >= 15 is 0 Å². The molecule has 1 aromatic heterocycles. The Bertz CT molecular complexity index is 982. The lowest BCUT2D eigenvalue weighted by atomic mass is 9.99. The number of hydrogen-bond acceptors (Lipinski definition) is 4. The number of thiazole rings is 1. The molecule has 150 valence electrons. The second kappa shape index (κ2) is 8.71. The van der Waals surface area contributed by atoms with Gasteiger partial charge in [-0.3, -0.25) is 9.59 Å². The highest BCUT2D eigenvalue weighted by molar-refractivity contribution is 7.18. The summed E-state index contributed by atoms with van der Waals surface area (Å²) in [5, 5.41) is 6.87. The highest BCUT2D eigenvalue weighted by Gasteiger charge is 2.28. The fourth-order valence-electron chi connectivity index (χ4n) is 3.86. The molecule has 0 aliphatic carbocycles. The fourth-order valence-corrected chi connectivity index (χ4v) is 4.96. The molecule has 7 heteroatoms. The standard InChI is InChI=1S/C22H24N4O2S/c1-15(27)23-17-8-10-18(11-9-17)24-21(28)14-26-12-4-5-16(13-26)22-25-19-6-2-3-7-20(19)29-22/h2-3,6-11,16H,4-5,12-14H2,1H3,(H,23,27)(H,24,28)/p+1/t16-/m1/s1. The van der Waals surface area contributed by atoms with Crippen LogP contribution in [-0.2, 0) is 9.59 Å². The van der Waals surface area contributed by atoms with Crippen LogP contribution in [0.2, 0.25) is 0 Å². The van der Waals surface area contributed by atoms with Crippen molar-refractivity contribution >= 4 is 44.7 Å². The lowest BCUT2D eigenvalue weighted by Gasteiger charge is -2.28. The number of quaternary nitrogens is 1. The fraction of sp³-hybridized carbons (Fsp3) is 0.318. The van der Waals surface area contributed by atoms with Crippen LogP contribution in [0.5, 0.6) is 0 Å². The van der Waals surface area contributed by atoms with Gasteiger partial charge >= 0.3 is 0 Å². The van der Waals surface area contributed by atoms with E-state index in [1.807, 2.05) is 6.07 Å². The molecule has 29 heavy (non-hydrogen) atoms. The molecule has 1 unspecified atom stereocenters. The zero-order valence-electron chi connectivity index (χ0n) is 16.4.